The summed E-state index contributed by atoms with van der Waals surface area (Å²) in [5.74, 6) is 0.715. The minimum absolute atomic E-state index is 0.0771. The van der Waals surface area contributed by atoms with E-state index >= 15 is 0 Å². The Morgan fingerprint density at radius 3 is 2.66 bits per heavy atom. The molecule has 9 nitrogen and oxygen atoms in total. The summed E-state index contributed by atoms with van der Waals surface area (Å²) in [5.41, 5.74) is 0.899. The number of nitrogens with zero attached hydrogens (tertiary/aromatic N) is 2. The summed E-state index contributed by atoms with van der Waals surface area (Å²) in [5, 5.41) is 6.81. The zero-order valence-corrected chi connectivity index (χ0v) is 16.5. The lowest BCUT2D eigenvalue weighted by molar-refractivity contribution is 0.0589. The third kappa shape index (κ3) is 4.40. The third-order valence-electron chi connectivity index (χ3n) is 4.15. The van der Waals surface area contributed by atoms with Gasteiger partial charge < -0.3 is 23.9 Å². The average molecular weight is 399 g/mol. The first-order valence-corrected chi connectivity index (χ1v) is 8.71. The lowest BCUT2D eigenvalue weighted by Crippen LogP contribution is -2.16. The normalized spacial score (nSPS) is 10.5. The Bertz CT molecular complexity index is 1040. The standard InChI is InChI=1S/C20H21N3O6/c1-12-17(18(20(25)27-4)23(2)22-12)21-19(24)16-9-8-15(29-16)11-28-14-7-5-6-13(10-14)26-3/h5-10H,11H2,1-4H3,(H,21,24). The van der Waals surface area contributed by atoms with Gasteiger partial charge in [0, 0.05) is 13.1 Å². The van der Waals surface area contributed by atoms with Crippen molar-refractivity contribution >= 4 is 17.6 Å². The van der Waals surface area contributed by atoms with Crippen molar-refractivity contribution in [2.75, 3.05) is 19.5 Å². The quantitative estimate of drug-likeness (QED) is 0.609. The van der Waals surface area contributed by atoms with Crippen LogP contribution in [-0.4, -0.2) is 35.9 Å². The average Bonchev–Trinajstić information content (AvgIpc) is 3.30. The number of rotatable bonds is 7. The third-order valence-corrected chi connectivity index (χ3v) is 4.15. The monoisotopic (exact) mass is 399 g/mol. The highest BCUT2D eigenvalue weighted by Crippen LogP contribution is 2.23. The van der Waals surface area contributed by atoms with Crippen molar-refractivity contribution in [3.63, 3.8) is 0 Å². The van der Waals surface area contributed by atoms with Crippen molar-refractivity contribution in [3.05, 3.63) is 59.3 Å². The molecule has 0 radical (unpaired) electrons. The van der Waals surface area contributed by atoms with Gasteiger partial charge in [0.05, 0.1) is 25.6 Å². The molecule has 2 heterocycles. The molecule has 0 atom stereocenters. The SMILES string of the molecule is COC(=O)c1c(NC(=O)c2ccc(COc3cccc(OC)c3)o2)c(C)nn1C. The first-order valence-electron chi connectivity index (χ1n) is 8.71. The van der Waals surface area contributed by atoms with E-state index < -0.39 is 11.9 Å². The van der Waals surface area contributed by atoms with Gasteiger partial charge in [-0.1, -0.05) is 6.07 Å². The molecule has 1 aromatic carbocycles. The summed E-state index contributed by atoms with van der Waals surface area (Å²) in [6.45, 7) is 1.82. The van der Waals surface area contributed by atoms with Crippen LogP contribution in [0, 0.1) is 6.92 Å². The van der Waals surface area contributed by atoms with E-state index in [1.54, 1.807) is 39.3 Å². The number of furan rings is 1. The predicted octanol–water partition coefficient (Wildman–Crippen LogP) is 2.95. The van der Waals surface area contributed by atoms with Crippen molar-refractivity contribution < 1.29 is 28.2 Å². The highest BCUT2D eigenvalue weighted by Gasteiger charge is 2.23. The van der Waals surface area contributed by atoms with Crippen molar-refractivity contribution in [2.45, 2.75) is 13.5 Å². The largest absolute Gasteiger partial charge is 0.497 e. The van der Waals surface area contributed by atoms with Crippen LogP contribution in [0.5, 0.6) is 11.5 Å². The number of carbonyl (C=O) groups excluding carboxylic acids is 2. The van der Waals surface area contributed by atoms with E-state index in [0.717, 1.165) is 0 Å². The maximum Gasteiger partial charge on any atom is 0.358 e. The summed E-state index contributed by atoms with van der Waals surface area (Å²) in [4.78, 5) is 24.5. The van der Waals surface area contributed by atoms with E-state index in [0.29, 0.717) is 23.0 Å². The lowest BCUT2D eigenvalue weighted by Gasteiger charge is -2.07. The molecule has 0 aliphatic rings. The molecule has 0 aliphatic heterocycles. The minimum atomic E-state index is -0.602. The fraction of sp³-hybridized carbons (Fsp3) is 0.250. The van der Waals surface area contributed by atoms with Crippen LogP contribution in [0.25, 0.3) is 0 Å². The van der Waals surface area contributed by atoms with Crippen LogP contribution >= 0.6 is 0 Å². The molecule has 0 saturated carbocycles. The number of anilines is 1. The molecule has 0 bridgehead atoms. The number of hydrogen-bond donors (Lipinski definition) is 1. The first-order chi connectivity index (χ1) is 13.9. The Kier molecular flexibility index (Phi) is 5.87. The second-order valence-electron chi connectivity index (χ2n) is 6.11. The van der Waals surface area contributed by atoms with E-state index in [-0.39, 0.29) is 23.7 Å². The molecular formula is C20H21N3O6. The van der Waals surface area contributed by atoms with E-state index in [2.05, 4.69) is 10.4 Å². The van der Waals surface area contributed by atoms with Gasteiger partial charge in [0.15, 0.2) is 11.5 Å². The van der Waals surface area contributed by atoms with E-state index in [1.165, 1.54) is 17.9 Å². The van der Waals surface area contributed by atoms with Gasteiger partial charge in [-0.05, 0) is 31.2 Å². The van der Waals surface area contributed by atoms with E-state index in [4.69, 9.17) is 18.6 Å². The number of ether oxygens (including phenoxy) is 3. The van der Waals surface area contributed by atoms with Crippen molar-refractivity contribution in [2.24, 2.45) is 7.05 Å². The van der Waals surface area contributed by atoms with Gasteiger partial charge in [0.2, 0.25) is 0 Å². The van der Waals surface area contributed by atoms with Crippen LogP contribution in [0.15, 0.2) is 40.8 Å². The molecule has 152 valence electrons. The lowest BCUT2D eigenvalue weighted by atomic mass is 10.3. The molecule has 3 aromatic rings. The van der Waals surface area contributed by atoms with Gasteiger partial charge in [-0.3, -0.25) is 9.48 Å². The van der Waals surface area contributed by atoms with Crippen molar-refractivity contribution in [1.29, 1.82) is 0 Å². The maximum absolute atomic E-state index is 12.6. The number of esters is 1. The smallest absolute Gasteiger partial charge is 0.358 e. The van der Waals surface area contributed by atoms with E-state index in [9.17, 15) is 9.59 Å². The van der Waals surface area contributed by atoms with Crippen LogP contribution in [0.1, 0.15) is 32.5 Å². The Hall–Kier alpha value is -3.75. The van der Waals surface area contributed by atoms with Crippen LogP contribution in [0.4, 0.5) is 5.69 Å². The van der Waals surface area contributed by atoms with Crippen LogP contribution < -0.4 is 14.8 Å². The first kappa shape index (κ1) is 20.0. The second-order valence-corrected chi connectivity index (χ2v) is 6.11. The molecule has 1 N–H and O–H groups in total. The second kappa shape index (κ2) is 8.51. The Labute approximate surface area is 167 Å². The molecule has 29 heavy (non-hydrogen) atoms. The van der Waals surface area contributed by atoms with Crippen LogP contribution in [0.2, 0.25) is 0 Å². The molecule has 0 fully saturated rings. The molecule has 3 rings (SSSR count). The fourth-order valence-electron chi connectivity index (χ4n) is 2.74. The fourth-order valence-corrected chi connectivity index (χ4v) is 2.74. The Balaban J connectivity index is 1.69. The molecule has 0 unspecified atom stereocenters. The number of amides is 1. The summed E-state index contributed by atoms with van der Waals surface area (Å²) in [6, 6.07) is 10.3. The predicted molar refractivity (Wildman–Crippen MR) is 103 cm³/mol. The highest BCUT2D eigenvalue weighted by atomic mass is 16.5. The topological polar surface area (TPSA) is 105 Å². The van der Waals surface area contributed by atoms with Gasteiger partial charge in [-0.15, -0.1) is 0 Å². The Morgan fingerprint density at radius 1 is 1.17 bits per heavy atom. The van der Waals surface area contributed by atoms with Gasteiger partial charge in [0.1, 0.15) is 23.9 Å². The van der Waals surface area contributed by atoms with Gasteiger partial charge >= 0.3 is 5.97 Å². The zero-order valence-electron chi connectivity index (χ0n) is 16.5. The molecule has 0 saturated heterocycles. The number of carbonyl (C=O) groups is 2. The molecule has 1 amide bonds. The summed E-state index contributed by atoms with van der Waals surface area (Å²) in [7, 11) is 4.43. The van der Waals surface area contributed by atoms with Gasteiger partial charge in [0.25, 0.3) is 5.91 Å². The highest BCUT2D eigenvalue weighted by molar-refractivity contribution is 6.06. The molecule has 0 aliphatic carbocycles. The van der Waals surface area contributed by atoms with Gasteiger partial charge in [-0.2, -0.15) is 5.10 Å². The minimum Gasteiger partial charge on any atom is -0.497 e. The van der Waals surface area contributed by atoms with E-state index in [1.807, 2.05) is 12.1 Å². The zero-order chi connectivity index (χ0) is 21.0. The maximum atomic E-state index is 12.6. The van der Waals surface area contributed by atoms with Crippen LogP contribution in [0.3, 0.4) is 0 Å². The number of methoxy groups -OCH3 is 2. The molecular weight excluding hydrogens is 378 g/mol. The van der Waals surface area contributed by atoms with Crippen LogP contribution in [-0.2, 0) is 18.4 Å². The van der Waals surface area contributed by atoms with Gasteiger partial charge in [-0.25, -0.2) is 4.79 Å². The number of hydrogen-bond acceptors (Lipinski definition) is 7. The summed E-state index contributed by atoms with van der Waals surface area (Å²) < 4.78 is 22.5. The number of aromatic nitrogens is 2. The number of nitrogens with one attached hydrogen (secondary N) is 1. The molecule has 9 heteroatoms. The molecule has 2 aromatic heterocycles. The van der Waals surface area contributed by atoms with Crippen molar-refractivity contribution in [3.8, 4) is 11.5 Å². The Morgan fingerprint density at radius 2 is 1.93 bits per heavy atom. The summed E-state index contributed by atoms with van der Waals surface area (Å²) in [6.07, 6.45) is 0. The molecule has 0 spiro atoms. The number of aryl methyl sites for hydroxylation is 2. The number of benzene rings is 1. The summed E-state index contributed by atoms with van der Waals surface area (Å²) >= 11 is 0. The van der Waals surface area contributed by atoms with Crippen molar-refractivity contribution in [1.82, 2.24) is 9.78 Å².